The molecule has 1 aliphatic rings. The lowest BCUT2D eigenvalue weighted by molar-refractivity contribution is -0.149. The van der Waals surface area contributed by atoms with Crippen molar-refractivity contribution in [2.45, 2.75) is 58.2 Å². The summed E-state index contributed by atoms with van der Waals surface area (Å²) in [5.41, 5.74) is -0.641. The Bertz CT molecular complexity index is 175. The van der Waals surface area contributed by atoms with Crippen molar-refractivity contribution in [3.8, 4) is 0 Å². The third-order valence-electron chi connectivity index (χ3n) is 2.60. The summed E-state index contributed by atoms with van der Waals surface area (Å²) in [5.74, 6) is 0.555. The van der Waals surface area contributed by atoms with Gasteiger partial charge in [0, 0.05) is 6.42 Å². The molecular formula is C11H22O2. The second-order valence-electron chi connectivity index (χ2n) is 5.36. The fraction of sp³-hybridized carbons (Fsp3) is 1.00. The van der Waals surface area contributed by atoms with Crippen molar-refractivity contribution < 1.29 is 9.84 Å². The Balaban J connectivity index is 2.58. The zero-order chi connectivity index (χ0) is 10.1. The van der Waals surface area contributed by atoms with E-state index in [9.17, 15) is 5.11 Å². The molecule has 13 heavy (non-hydrogen) atoms. The molecule has 1 atom stereocenters. The van der Waals surface area contributed by atoms with Gasteiger partial charge in [-0.2, -0.15) is 0 Å². The number of hydrogen-bond donors (Lipinski definition) is 1. The Morgan fingerprint density at radius 1 is 1.38 bits per heavy atom. The summed E-state index contributed by atoms with van der Waals surface area (Å²) >= 11 is 0. The van der Waals surface area contributed by atoms with Crippen molar-refractivity contribution in [2.75, 3.05) is 6.61 Å². The fourth-order valence-electron chi connectivity index (χ4n) is 2.38. The van der Waals surface area contributed by atoms with Crippen LogP contribution in [0.3, 0.4) is 0 Å². The van der Waals surface area contributed by atoms with Gasteiger partial charge in [-0.1, -0.05) is 13.8 Å². The van der Waals surface area contributed by atoms with Crippen LogP contribution in [0.1, 0.15) is 47.0 Å². The quantitative estimate of drug-likeness (QED) is 0.717. The zero-order valence-electron chi connectivity index (χ0n) is 9.26. The molecule has 1 aliphatic heterocycles. The van der Waals surface area contributed by atoms with Crippen molar-refractivity contribution in [3.63, 3.8) is 0 Å². The standard InChI is InChI=1S/C11H22O2/c1-9(2)7-11(12)5-6-13-10(3,4)8-11/h9,12H,5-8H2,1-4H3/t11-/m0/s1. The van der Waals surface area contributed by atoms with Crippen LogP contribution in [0.15, 0.2) is 0 Å². The third-order valence-corrected chi connectivity index (χ3v) is 2.60. The maximum atomic E-state index is 10.3. The van der Waals surface area contributed by atoms with E-state index >= 15 is 0 Å². The molecule has 2 heteroatoms. The van der Waals surface area contributed by atoms with Gasteiger partial charge >= 0.3 is 0 Å². The van der Waals surface area contributed by atoms with Crippen molar-refractivity contribution in [2.24, 2.45) is 5.92 Å². The average Bonchev–Trinajstić information content (AvgIpc) is 1.79. The minimum Gasteiger partial charge on any atom is -0.390 e. The molecule has 0 amide bonds. The maximum Gasteiger partial charge on any atom is 0.0699 e. The molecule has 0 spiro atoms. The highest BCUT2D eigenvalue weighted by Crippen LogP contribution is 2.35. The zero-order valence-corrected chi connectivity index (χ0v) is 9.26. The lowest BCUT2D eigenvalue weighted by Crippen LogP contribution is -2.46. The SMILES string of the molecule is CC(C)C[C@@]1(O)CCOC(C)(C)C1. The van der Waals surface area contributed by atoms with E-state index in [2.05, 4.69) is 27.7 Å². The summed E-state index contributed by atoms with van der Waals surface area (Å²) in [7, 11) is 0. The van der Waals surface area contributed by atoms with Crippen LogP contribution in [0.5, 0.6) is 0 Å². The van der Waals surface area contributed by atoms with Gasteiger partial charge in [-0.05, 0) is 32.6 Å². The third kappa shape index (κ3) is 3.28. The topological polar surface area (TPSA) is 29.5 Å². The van der Waals surface area contributed by atoms with Gasteiger partial charge in [-0.25, -0.2) is 0 Å². The largest absolute Gasteiger partial charge is 0.390 e. The molecule has 1 N–H and O–H groups in total. The fourth-order valence-corrected chi connectivity index (χ4v) is 2.38. The molecule has 1 rings (SSSR count). The molecule has 78 valence electrons. The molecular weight excluding hydrogens is 164 g/mol. The van der Waals surface area contributed by atoms with Gasteiger partial charge in [-0.3, -0.25) is 0 Å². The van der Waals surface area contributed by atoms with E-state index in [1.165, 1.54) is 0 Å². The highest BCUT2D eigenvalue weighted by atomic mass is 16.5. The van der Waals surface area contributed by atoms with Gasteiger partial charge in [-0.15, -0.1) is 0 Å². The first-order valence-corrected chi connectivity index (χ1v) is 5.19. The summed E-state index contributed by atoms with van der Waals surface area (Å²) in [5, 5.41) is 10.3. The Hall–Kier alpha value is -0.0800. The lowest BCUT2D eigenvalue weighted by atomic mass is 9.79. The smallest absolute Gasteiger partial charge is 0.0699 e. The van der Waals surface area contributed by atoms with Crippen LogP contribution in [0.2, 0.25) is 0 Å². The number of hydrogen-bond acceptors (Lipinski definition) is 2. The first-order valence-electron chi connectivity index (χ1n) is 5.19. The summed E-state index contributed by atoms with van der Waals surface area (Å²) in [6.45, 7) is 9.10. The van der Waals surface area contributed by atoms with Gasteiger partial charge in [0.25, 0.3) is 0 Å². The Kier molecular flexibility index (Phi) is 3.03. The van der Waals surface area contributed by atoms with Crippen LogP contribution < -0.4 is 0 Å². The average molecular weight is 186 g/mol. The Morgan fingerprint density at radius 3 is 2.46 bits per heavy atom. The van der Waals surface area contributed by atoms with Gasteiger partial charge in [0.15, 0.2) is 0 Å². The van der Waals surface area contributed by atoms with E-state index in [4.69, 9.17) is 4.74 Å². The molecule has 0 aromatic carbocycles. The van der Waals surface area contributed by atoms with Crippen molar-refractivity contribution in [1.29, 1.82) is 0 Å². The summed E-state index contributed by atoms with van der Waals surface area (Å²) < 4.78 is 5.58. The predicted octanol–water partition coefficient (Wildman–Crippen LogP) is 2.35. The normalized spacial score (nSPS) is 33.7. The van der Waals surface area contributed by atoms with Crippen molar-refractivity contribution in [1.82, 2.24) is 0 Å². The van der Waals surface area contributed by atoms with E-state index in [1.54, 1.807) is 0 Å². The second kappa shape index (κ2) is 3.58. The molecule has 0 aromatic heterocycles. The van der Waals surface area contributed by atoms with Gasteiger partial charge < -0.3 is 9.84 Å². The van der Waals surface area contributed by atoms with Gasteiger partial charge in [0.2, 0.25) is 0 Å². The molecule has 0 unspecified atom stereocenters. The van der Waals surface area contributed by atoms with Crippen molar-refractivity contribution in [3.05, 3.63) is 0 Å². The monoisotopic (exact) mass is 186 g/mol. The Labute approximate surface area is 81.3 Å². The first kappa shape index (κ1) is 11.0. The van der Waals surface area contributed by atoms with Crippen LogP contribution in [-0.4, -0.2) is 22.9 Å². The predicted molar refractivity (Wildman–Crippen MR) is 53.7 cm³/mol. The van der Waals surface area contributed by atoms with E-state index < -0.39 is 5.60 Å². The van der Waals surface area contributed by atoms with Crippen LogP contribution in [0.4, 0.5) is 0 Å². The van der Waals surface area contributed by atoms with E-state index in [0.29, 0.717) is 12.5 Å². The molecule has 0 bridgehead atoms. The number of rotatable bonds is 2. The lowest BCUT2D eigenvalue weighted by Gasteiger charge is -2.42. The molecule has 0 aliphatic carbocycles. The van der Waals surface area contributed by atoms with E-state index in [0.717, 1.165) is 19.3 Å². The molecule has 0 aromatic rings. The first-order chi connectivity index (χ1) is 5.83. The summed E-state index contributed by atoms with van der Waals surface area (Å²) in [6, 6.07) is 0. The highest BCUT2D eigenvalue weighted by Gasteiger charge is 2.39. The second-order valence-corrected chi connectivity index (χ2v) is 5.36. The molecule has 0 saturated carbocycles. The molecule has 1 heterocycles. The van der Waals surface area contributed by atoms with Gasteiger partial charge in [0.1, 0.15) is 0 Å². The maximum absolute atomic E-state index is 10.3. The minimum absolute atomic E-state index is 0.151. The van der Waals surface area contributed by atoms with E-state index in [1.807, 2.05) is 0 Å². The minimum atomic E-state index is -0.490. The number of ether oxygens (including phenoxy) is 1. The summed E-state index contributed by atoms with van der Waals surface area (Å²) in [6.07, 6.45) is 2.44. The van der Waals surface area contributed by atoms with Crippen LogP contribution in [0, 0.1) is 5.92 Å². The summed E-state index contributed by atoms with van der Waals surface area (Å²) in [4.78, 5) is 0. The number of aliphatic hydroxyl groups is 1. The van der Waals surface area contributed by atoms with Crippen LogP contribution in [-0.2, 0) is 4.74 Å². The van der Waals surface area contributed by atoms with Crippen LogP contribution >= 0.6 is 0 Å². The van der Waals surface area contributed by atoms with E-state index in [-0.39, 0.29) is 5.60 Å². The molecule has 1 saturated heterocycles. The Morgan fingerprint density at radius 2 is 2.00 bits per heavy atom. The van der Waals surface area contributed by atoms with Crippen LogP contribution in [0.25, 0.3) is 0 Å². The van der Waals surface area contributed by atoms with Gasteiger partial charge in [0.05, 0.1) is 17.8 Å². The molecule has 0 radical (unpaired) electrons. The molecule has 1 fully saturated rings. The highest BCUT2D eigenvalue weighted by molar-refractivity contribution is 4.90. The molecule has 2 nitrogen and oxygen atoms in total. The van der Waals surface area contributed by atoms with Crippen molar-refractivity contribution >= 4 is 0 Å².